The largest absolute Gasteiger partial charge is 0.369 e. The van der Waals surface area contributed by atoms with Crippen molar-refractivity contribution in [2.24, 2.45) is 0 Å². The van der Waals surface area contributed by atoms with Gasteiger partial charge < -0.3 is 10.3 Å². The monoisotopic (exact) mass is 195 g/mol. The molecule has 1 aromatic heterocycles. The lowest BCUT2D eigenvalue weighted by Gasteiger charge is -2.26. The van der Waals surface area contributed by atoms with Gasteiger partial charge in [-0.25, -0.2) is 4.98 Å². The Balaban J connectivity index is 3.22. The highest BCUT2D eigenvalue weighted by Gasteiger charge is 2.24. The lowest BCUT2D eigenvalue weighted by molar-refractivity contribution is 0.442. The Bertz CT molecular complexity index is 310. The van der Waals surface area contributed by atoms with Gasteiger partial charge in [-0.2, -0.15) is 0 Å². The number of aromatic nitrogens is 2. The topological polar surface area (TPSA) is 43.8 Å². The van der Waals surface area contributed by atoms with Gasteiger partial charge in [0.2, 0.25) is 5.95 Å². The molecule has 0 radical (unpaired) electrons. The molecular formula is C11H21N3. The van der Waals surface area contributed by atoms with E-state index < -0.39 is 0 Å². The van der Waals surface area contributed by atoms with E-state index in [0.717, 1.165) is 6.42 Å². The number of nitrogen functional groups attached to an aromatic ring is 1. The molecule has 1 rings (SSSR count). The summed E-state index contributed by atoms with van der Waals surface area (Å²) in [7, 11) is 0. The van der Waals surface area contributed by atoms with Crippen LogP contribution in [-0.2, 0) is 5.41 Å². The molecule has 1 aromatic rings. The van der Waals surface area contributed by atoms with E-state index in [1.54, 1.807) is 0 Å². The summed E-state index contributed by atoms with van der Waals surface area (Å²) < 4.78 is 2.11. The van der Waals surface area contributed by atoms with Gasteiger partial charge in [-0.1, -0.05) is 20.8 Å². The number of anilines is 1. The quantitative estimate of drug-likeness (QED) is 0.806. The van der Waals surface area contributed by atoms with Gasteiger partial charge >= 0.3 is 0 Å². The highest BCUT2D eigenvalue weighted by Crippen LogP contribution is 2.30. The predicted molar refractivity (Wildman–Crippen MR) is 60.3 cm³/mol. The first kappa shape index (κ1) is 11.1. The minimum Gasteiger partial charge on any atom is -0.369 e. The van der Waals surface area contributed by atoms with Gasteiger partial charge in [0.25, 0.3) is 0 Å². The number of hydrogen-bond donors (Lipinski definition) is 1. The van der Waals surface area contributed by atoms with Gasteiger partial charge in [-0.05, 0) is 20.3 Å². The summed E-state index contributed by atoms with van der Waals surface area (Å²) in [5.74, 6) is 0.622. The van der Waals surface area contributed by atoms with E-state index >= 15 is 0 Å². The number of hydrogen-bond acceptors (Lipinski definition) is 2. The first-order valence-corrected chi connectivity index (χ1v) is 5.23. The molecule has 0 atom stereocenters. The fourth-order valence-electron chi connectivity index (χ4n) is 1.60. The molecule has 14 heavy (non-hydrogen) atoms. The van der Waals surface area contributed by atoms with Gasteiger partial charge in [-0.15, -0.1) is 0 Å². The molecular weight excluding hydrogens is 174 g/mol. The molecule has 0 aliphatic carbocycles. The third-order valence-electron chi connectivity index (χ3n) is 2.92. The van der Waals surface area contributed by atoms with Crippen LogP contribution in [0.2, 0.25) is 0 Å². The summed E-state index contributed by atoms with van der Waals surface area (Å²) in [4.78, 5) is 4.19. The second kappa shape index (κ2) is 3.64. The maximum atomic E-state index is 5.85. The van der Waals surface area contributed by atoms with Gasteiger partial charge in [0.15, 0.2) is 0 Å². The molecule has 0 amide bonds. The van der Waals surface area contributed by atoms with Gasteiger partial charge in [-0.3, -0.25) is 0 Å². The van der Waals surface area contributed by atoms with Gasteiger partial charge in [0, 0.05) is 17.2 Å². The van der Waals surface area contributed by atoms with Crippen LogP contribution in [0.3, 0.4) is 0 Å². The molecule has 0 saturated heterocycles. The molecule has 0 unspecified atom stereocenters. The molecule has 0 spiro atoms. The molecule has 2 N–H and O–H groups in total. The number of nitrogens with two attached hydrogens (primary N) is 1. The van der Waals surface area contributed by atoms with Crippen LogP contribution in [0.25, 0.3) is 0 Å². The summed E-state index contributed by atoms with van der Waals surface area (Å²) >= 11 is 0. The summed E-state index contributed by atoms with van der Waals surface area (Å²) in [6.45, 7) is 10.9. The Morgan fingerprint density at radius 3 is 2.50 bits per heavy atom. The molecule has 0 aliphatic rings. The Hall–Kier alpha value is -0.990. The molecule has 3 heteroatoms. The molecule has 0 aromatic carbocycles. The normalized spacial score (nSPS) is 12.4. The predicted octanol–water partition coefficient (Wildman–Crippen LogP) is 2.73. The van der Waals surface area contributed by atoms with E-state index in [9.17, 15) is 0 Å². The van der Waals surface area contributed by atoms with E-state index in [0.29, 0.717) is 12.0 Å². The molecule has 80 valence electrons. The first-order chi connectivity index (χ1) is 6.40. The third kappa shape index (κ3) is 1.76. The van der Waals surface area contributed by atoms with E-state index in [-0.39, 0.29) is 5.41 Å². The van der Waals surface area contributed by atoms with Crippen molar-refractivity contribution in [3.8, 4) is 0 Å². The van der Waals surface area contributed by atoms with Crippen molar-refractivity contribution in [1.82, 2.24) is 9.55 Å². The van der Waals surface area contributed by atoms with E-state index in [4.69, 9.17) is 5.73 Å². The van der Waals surface area contributed by atoms with Crippen molar-refractivity contribution in [2.45, 2.75) is 52.5 Å². The van der Waals surface area contributed by atoms with Gasteiger partial charge in [0.05, 0.1) is 6.20 Å². The van der Waals surface area contributed by atoms with Crippen molar-refractivity contribution in [2.75, 3.05) is 5.73 Å². The minimum absolute atomic E-state index is 0.148. The highest BCUT2D eigenvalue weighted by atomic mass is 15.2. The second-order valence-corrected chi connectivity index (χ2v) is 4.70. The van der Waals surface area contributed by atoms with Crippen molar-refractivity contribution >= 4 is 5.95 Å². The van der Waals surface area contributed by atoms with Crippen LogP contribution in [0.4, 0.5) is 5.95 Å². The SMILES string of the molecule is CCC(C)(C)c1cnc(N)n1C(C)C. The molecule has 0 fully saturated rings. The van der Waals surface area contributed by atoms with Crippen LogP contribution in [-0.4, -0.2) is 9.55 Å². The average Bonchev–Trinajstić information content (AvgIpc) is 2.47. The maximum Gasteiger partial charge on any atom is 0.200 e. The number of imidazole rings is 1. The standard InChI is InChI=1S/C11H21N3/c1-6-11(4,5)9-7-13-10(12)14(9)8(2)3/h7-8H,6H2,1-5H3,(H2,12,13). The van der Waals surface area contributed by atoms with Crippen LogP contribution in [0, 0.1) is 0 Å². The number of rotatable bonds is 3. The van der Waals surface area contributed by atoms with Crippen molar-refractivity contribution in [3.63, 3.8) is 0 Å². The molecule has 0 saturated carbocycles. The van der Waals surface area contributed by atoms with Crippen molar-refractivity contribution < 1.29 is 0 Å². The van der Waals surface area contributed by atoms with Gasteiger partial charge in [0.1, 0.15) is 0 Å². The van der Waals surface area contributed by atoms with E-state index in [1.165, 1.54) is 5.69 Å². The summed E-state index contributed by atoms with van der Waals surface area (Å²) in [5, 5.41) is 0. The number of nitrogens with zero attached hydrogens (tertiary/aromatic N) is 2. The van der Waals surface area contributed by atoms with Crippen LogP contribution in [0.1, 0.15) is 52.8 Å². The van der Waals surface area contributed by atoms with Crippen LogP contribution in [0.15, 0.2) is 6.20 Å². The Kier molecular flexibility index (Phi) is 2.88. The lowest BCUT2D eigenvalue weighted by Crippen LogP contribution is -2.22. The van der Waals surface area contributed by atoms with Crippen molar-refractivity contribution in [1.29, 1.82) is 0 Å². The zero-order valence-electron chi connectivity index (χ0n) is 9.83. The summed E-state index contributed by atoms with van der Waals surface area (Å²) in [6.07, 6.45) is 2.99. The average molecular weight is 195 g/mol. The van der Waals surface area contributed by atoms with E-state index in [1.807, 2.05) is 6.20 Å². The molecule has 1 heterocycles. The third-order valence-corrected chi connectivity index (χ3v) is 2.92. The maximum absolute atomic E-state index is 5.85. The van der Waals surface area contributed by atoms with Crippen LogP contribution < -0.4 is 5.73 Å². The minimum atomic E-state index is 0.148. The highest BCUT2D eigenvalue weighted by molar-refractivity contribution is 5.28. The fourth-order valence-corrected chi connectivity index (χ4v) is 1.60. The molecule has 0 aliphatic heterocycles. The van der Waals surface area contributed by atoms with Crippen molar-refractivity contribution in [3.05, 3.63) is 11.9 Å². The Morgan fingerprint density at radius 1 is 1.50 bits per heavy atom. The first-order valence-electron chi connectivity index (χ1n) is 5.23. The Labute approximate surface area is 86.3 Å². The van der Waals surface area contributed by atoms with Crippen LogP contribution in [0.5, 0.6) is 0 Å². The van der Waals surface area contributed by atoms with Crippen LogP contribution >= 0.6 is 0 Å². The summed E-state index contributed by atoms with van der Waals surface area (Å²) in [6, 6.07) is 0.373. The molecule has 3 nitrogen and oxygen atoms in total. The zero-order valence-corrected chi connectivity index (χ0v) is 9.83. The Morgan fingerprint density at radius 2 is 2.07 bits per heavy atom. The molecule has 0 bridgehead atoms. The fraction of sp³-hybridized carbons (Fsp3) is 0.727. The lowest BCUT2D eigenvalue weighted by atomic mass is 9.86. The second-order valence-electron chi connectivity index (χ2n) is 4.70. The summed E-state index contributed by atoms with van der Waals surface area (Å²) in [5.41, 5.74) is 7.22. The smallest absolute Gasteiger partial charge is 0.200 e. The zero-order chi connectivity index (χ0) is 10.9. The van der Waals surface area contributed by atoms with E-state index in [2.05, 4.69) is 44.2 Å².